The number of carboxylic acids is 5. The molecule has 0 aromatic rings. The molecule has 10 amide bonds. The highest BCUT2D eigenvalue weighted by atomic mass is 16.4. The summed E-state index contributed by atoms with van der Waals surface area (Å²) in [6.07, 6.45) is -7.19. The Hall–Kier alpha value is -8.07. The third-order valence-corrected chi connectivity index (χ3v) is 8.91. The van der Waals surface area contributed by atoms with E-state index in [2.05, 4.69) is 0 Å². The van der Waals surface area contributed by atoms with Crippen molar-refractivity contribution in [3.8, 4) is 0 Å². The quantitative estimate of drug-likeness (QED) is 0.0266. The molecule has 0 spiro atoms. The molecule has 69 heavy (non-hydrogen) atoms. The molecule has 0 aliphatic carbocycles. The molecule has 33 nitrogen and oxygen atoms in total. The fourth-order valence-electron chi connectivity index (χ4n) is 5.51. The second-order valence-electron chi connectivity index (χ2n) is 14.8. The lowest BCUT2D eigenvalue weighted by Gasteiger charge is -2.26. The molecule has 9 unspecified atom stereocenters. The Bertz CT molecular complexity index is 1970. The zero-order valence-electron chi connectivity index (χ0n) is 36.6. The number of rotatable bonds is 34. The van der Waals surface area contributed by atoms with Gasteiger partial charge < -0.3 is 96.1 Å². The van der Waals surface area contributed by atoms with Crippen LogP contribution in [0.3, 0.4) is 0 Å². The molecule has 33 heteroatoms. The Morgan fingerprint density at radius 3 is 0.855 bits per heavy atom. The smallest absolute Gasteiger partial charge is 0.326 e. The van der Waals surface area contributed by atoms with Crippen molar-refractivity contribution in [1.29, 1.82) is 0 Å². The van der Waals surface area contributed by atoms with Gasteiger partial charge >= 0.3 is 29.8 Å². The predicted octanol–water partition coefficient (Wildman–Crippen LogP) is -9.93. The van der Waals surface area contributed by atoms with Gasteiger partial charge in [-0.15, -0.1) is 0 Å². The van der Waals surface area contributed by atoms with E-state index in [-0.39, 0.29) is 19.4 Å². The maximum Gasteiger partial charge on any atom is 0.326 e. The second kappa shape index (κ2) is 30.3. The number of nitrogens with two attached hydrogens (primary N) is 4. The highest BCUT2D eigenvalue weighted by molar-refractivity contribution is 6.01. The molecular weight excluding hydrogens is 936 g/mol. The van der Waals surface area contributed by atoms with Crippen LogP contribution in [0.25, 0.3) is 0 Å². The van der Waals surface area contributed by atoms with E-state index in [9.17, 15) is 103 Å². The minimum absolute atomic E-state index is 0.161. The summed E-state index contributed by atoms with van der Waals surface area (Å²) in [5, 5.41) is 72.2. The van der Waals surface area contributed by atoms with Crippen LogP contribution in [0.1, 0.15) is 64.7 Å². The van der Waals surface area contributed by atoms with Crippen LogP contribution in [-0.4, -0.2) is 187 Å². The first-order chi connectivity index (χ1) is 32.0. The lowest BCUT2D eigenvalue weighted by molar-refractivity contribution is -0.145. The molecule has 386 valence electrons. The molecule has 0 saturated carbocycles. The maximum atomic E-state index is 13.5. The molecule has 0 fully saturated rings. The van der Waals surface area contributed by atoms with Crippen molar-refractivity contribution in [2.75, 3.05) is 13.2 Å². The Balaban J connectivity index is 6.62. The van der Waals surface area contributed by atoms with Gasteiger partial charge in [0, 0.05) is 0 Å². The van der Waals surface area contributed by atoms with Crippen LogP contribution in [0, 0.1) is 0 Å². The molecule has 0 radical (unpaired) electrons. The van der Waals surface area contributed by atoms with Crippen molar-refractivity contribution >= 4 is 88.9 Å². The monoisotopic (exact) mass is 992 g/mol. The number of carboxylic acid groups (broad SMARTS) is 5. The molecule has 0 aliphatic heterocycles. The third-order valence-electron chi connectivity index (χ3n) is 8.91. The number of unbranched alkanes of at least 4 members (excludes halogenated alkanes) is 1. The van der Waals surface area contributed by atoms with Crippen molar-refractivity contribution in [1.82, 2.24) is 42.5 Å². The van der Waals surface area contributed by atoms with Crippen LogP contribution < -0.4 is 65.5 Å². The van der Waals surface area contributed by atoms with Gasteiger partial charge in [0.15, 0.2) is 0 Å². The Kier molecular flexibility index (Phi) is 26.7. The van der Waals surface area contributed by atoms with Gasteiger partial charge in [-0.05, 0) is 32.7 Å². The van der Waals surface area contributed by atoms with Crippen molar-refractivity contribution in [3.63, 3.8) is 0 Å². The molecule has 0 saturated heterocycles. The van der Waals surface area contributed by atoms with Crippen molar-refractivity contribution < 1.29 is 103 Å². The van der Waals surface area contributed by atoms with Gasteiger partial charge in [0.2, 0.25) is 59.1 Å². The first kappa shape index (κ1) is 60.9. The normalized spacial score (nSPS) is 14.6. The van der Waals surface area contributed by atoms with Crippen molar-refractivity contribution in [3.05, 3.63) is 0 Å². The largest absolute Gasteiger partial charge is 0.481 e. The molecule has 0 bridgehead atoms. The Morgan fingerprint density at radius 1 is 0.391 bits per heavy atom. The number of aliphatic hydroxyl groups excluding tert-OH is 1. The van der Waals surface area contributed by atoms with Crippen LogP contribution in [0.5, 0.6) is 0 Å². The van der Waals surface area contributed by atoms with Gasteiger partial charge in [-0.2, -0.15) is 0 Å². The summed E-state index contributed by atoms with van der Waals surface area (Å²) in [4.78, 5) is 187. The van der Waals surface area contributed by atoms with E-state index in [1.807, 2.05) is 31.9 Å². The number of carbonyl (C=O) groups excluding carboxylic acids is 10. The van der Waals surface area contributed by atoms with E-state index in [0.29, 0.717) is 6.42 Å². The van der Waals surface area contributed by atoms with Gasteiger partial charge in [0.25, 0.3) is 0 Å². The molecule has 22 N–H and O–H groups in total. The average Bonchev–Trinajstić information content (AvgIpc) is 3.22. The third kappa shape index (κ3) is 24.3. The second-order valence-corrected chi connectivity index (χ2v) is 14.8. The number of hydrogen-bond acceptors (Lipinski definition) is 18. The molecule has 0 heterocycles. The van der Waals surface area contributed by atoms with Crippen LogP contribution in [0.4, 0.5) is 0 Å². The minimum Gasteiger partial charge on any atom is -0.481 e. The zero-order valence-corrected chi connectivity index (χ0v) is 36.6. The minimum atomic E-state index is -2.37. The maximum absolute atomic E-state index is 13.5. The van der Waals surface area contributed by atoms with Crippen molar-refractivity contribution in [2.24, 2.45) is 22.9 Å². The number of nitrogens with one attached hydrogen (secondary N) is 8. The molecule has 0 aromatic heterocycles. The van der Waals surface area contributed by atoms with Gasteiger partial charge in [0.05, 0.1) is 51.2 Å². The first-order valence-electron chi connectivity index (χ1n) is 20.2. The standard InChI is InChI=1S/C36H56N12O21/c1-13(38)28(60)48-21(12-49)35(67)43-16(7-23(40)51)29(61)42-15(6-22(39)50)30(62)44-18(9-25(54)55)32(64)46-20(11-27(58)59)34(66)47-19(10-26(56)57)33(65)45-17(8-24(52)53)31(63)41-14(36(68)69)4-2-3-5-37/h13-21,49H,2-12,37-38H2,1H3,(H2,39,50)(H2,40,51)(H,41,63)(H,42,61)(H,43,67)(H,44,62)(H,45,65)(H,46,64)(H,47,66)(H,48,60)(H,52,53)(H,54,55)(H,56,57)(H,58,59)(H,68,69). The number of primary amides is 2. The van der Waals surface area contributed by atoms with Crippen LogP contribution >= 0.6 is 0 Å². The molecule has 9 atom stereocenters. The molecule has 0 aliphatic rings. The highest BCUT2D eigenvalue weighted by Gasteiger charge is 2.37. The SMILES string of the molecule is CC(N)C(=O)NC(CO)C(=O)NC(CC(N)=O)C(=O)NC(CC(N)=O)C(=O)NC(CC(=O)O)C(=O)NC(CC(=O)O)C(=O)NC(CC(=O)O)C(=O)NC(CC(=O)O)C(=O)NC(CCCCN)C(=O)O. The molecule has 0 rings (SSSR count). The lowest BCUT2D eigenvalue weighted by atomic mass is 10.1. The summed E-state index contributed by atoms with van der Waals surface area (Å²) in [6, 6.07) is -17.9. The summed E-state index contributed by atoms with van der Waals surface area (Å²) < 4.78 is 0. The van der Waals surface area contributed by atoms with Gasteiger partial charge in [-0.25, -0.2) is 4.79 Å². The molecule has 0 aromatic carbocycles. The van der Waals surface area contributed by atoms with Gasteiger partial charge in [0.1, 0.15) is 48.3 Å². The topological polar surface area (TPSA) is 578 Å². The first-order valence-corrected chi connectivity index (χ1v) is 20.2. The fourth-order valence-corrected chi connectivity index (χ4v) is 5.51. The van der Waals surface area contributed by atoms with Crippen LogP contribution in [-0.2, 0) is 71.9 Å². The van der Waals surface area contributed by atoms with Crippen molar-refractivity contribution in [2.45, 2.75) is 119 Å². The van der Waals surface area contributed by atoms with E-state index in [0.717, 1.165) is 0 Å². The fraction of sp³-hybridized carbons (Fsp3) is 0.583. The summed E-state index contributed by atoms with van der Waals surface area (Å²) in [5.41, 5.74) is 21.2. The van der Waals surface area contributed by atoms with Crippen LogP contribution in [0.2, 0.25) is 0 Å². The van der Waals surface area contributed by atoms with E-state index in [1.165, 1.54) is 6.92 Å². The molecular formula is C36H56N12O21. The summed E-state index contributed by atoms with van der Waals surface area (Å²) in [5.74, 6) is -23.0. The Morgan fingerprint density at radius 2 is 0.638 bits per heavy atom. The number of amides is 10. The number of hydrogen-bond donors (Lipinski definition) is 18. The highest BCUT2D eigenvalue weighted by Crippen LogP contribution is 2.07. The number of aliphatic hydroxyl groups is 1. The number of carbonyl (C=O) groups is 15. The Labute approximate surface area is 388 Å². The van der Waals surface area contributed by atoms with Gasteiger partial charge in [-0.1, -0.05) is 0 Å². The zero-order chi connectivity index (χ0) is 53.3. The van der Waals surface area contributed by atoms with E-state index in [1.54, 1.807) is 10.6 Å². The summed E-state index contributed by atoms with van der Waals surface area (Å²) in [6.45, 7) is 0.318. The summed E-state index contributed by atoms with van der Waals surface area (Å²) >= 11 is 0. The van der Waals surface area contributed by atoms with Crippen LogP contribution in [0.15, 0.2) is 0 Å². The lowest BCUT2D eigenvalue weighted by Crippen LogP contribution is -2.61. The number of aliphatic carboxylic acids is 5. The average molecular weight is 993 g/mol. The summed E-state index contributed by atoms with van der Waals surface area (Å²) in [7, 11) is 0. The van der Waals surface area contributed by atoms with E-state index >= 15 is 0 Å². The van der Waals surface area contributed by atoms with E-state index < -0.39 is 188 Å². The predicted molar refractivity (Wildman–Crippen MR) is 223 cm³/mol. The van der Waals surface area contributed by atoms with Gasteiger partial charge in [-0.3, -0.25) is 67.1 Å². The van der Waals surface area contributed by atoms with E-state index in [4.69, 9.17) is 22.9 Å².